The van der Waals surface area contributed by atoms with Crippen LogP contribution < -0.4 is 36.9 Å². The number of nitro benzene ring substituents is 1. The summed E-state index contributed by atoms with van der Waals surface area (Å²) in [4.78, 5) is 65.7. The second kappa shape index (κ2) is 16.8. The smallest absolute Gasteiger partial charge is 0.325 e. The molecule has 16 nitrogen and oxygen atoms in total. The zero-order chi connectivity index (χ0) is 37.4. The van der Waals surface area contributed by atoms with Crippen molar-refractivity contribution in [2.75, 3.05) is 14.2 Å². The molecule has 0 aromatic heterocycles. The third-order valence-electron chi connectivity index (χ3n) is 8.24. The van der Waals surface area contributed by atoms with Crippen molar-refractivity contribution < 1.29 is 43.4 Å². The summed E-state index contributed by atoms with van der Waals surface area (Å²) < 4.78 is 16.1. The van der Waals surface area contributed by atoms with Crippen LogP contribution in [0, 0.1) is 16.0 Å². The van der Waals surface area contributed by atoms with Crippen LogP contribution in [-0.4, -0.2) is 72.1 Å². The van der Waals surface area contributed by atoms with E-state index in [1.54, 1.807) is 30.3 Å². The zero-order valence-corrected chi connectivity index (χ0v) is 28.6. The molecule has 3 aromatic carbocycles. The Morgan fingerprint density at radius 1 is 1.04 bits per heavy atom. The highest BCUT2D eigenvalue weighted by atomic mass is 16.6. The molecule has 2 aliphatic heterocycles. The van der Waals surface area contributed by atoms with Crippen molar-refractivity contribution in [1.29, 1.82) is 0 Å². The molecule has 5 atom stereocenters. The molecule has 0 spiro atoms. The van der Waals surface area contributed by atoms with Gasteiger partial charge in [-0.25, -0.2) is 0 Å². The lowest BCUT2D eigenvalue weighted by Crippen LogP contribution is -2.58. The van der Waals surface area contributed by atoms with Crippen molar-refractivity contribution in [3.63, 3.8) is 0 Å². The van der Waals surface area contributed by atoms with Crippen LogP contribution in [0.1, 0.15) is 43.0 Å². The Kier molecular flexibility index (Phi) is 12.5. The fraction of sp³-hybridized carbons (Fsp3) is 0.371. The van der Waals surface area contributed by atoms with Gasteiger partial charge in [-0.2, -0.15) is 0 Å². The highest BCUT2D eigenvalue weighted by molar-refractivity contribution is 5.94. The lowest BCUT2D eigenvalue weighted by molar-refractivity contribution is -0.385. The van der Waals surface area contributed by atoms with Crippen molar-refractivity contribution in [2.24, 2.45) is 17.4 Å². The van der Waals surface area contributed by atoms with Gasteiger partial charge in [0, 0.05) is 18.9 Å². The van der Waals surface area contributed by atoms with Crippen molar-refractivity contribution in [1.82, 2.24) is 16.0 Å². The highest BCUT2D eigenvalue weighted by Gasteiger charge is 2.35. The first kappa shape index (κ1) is 38.1. The first-order valence-electron chi connectivity index (χ1n) is 16.1. The van der Waals surface area contributed by atoms with E-state index in [0.29, 0.717) is 12.0 Å². The first-order valence-corrected chi connectivity index (χ1v) is 16.1. The fourth-order valence-electron chi connectivity index (χ4n) is 5.68. The van der Waals surface area contributed by atoms with E-state index in [-0.39, 0.29) is 47.1 Å². The van der Waals surface area contributed by atoms with Gasteiger partial charge < -0.3 is 46.7 Å². The zero-order valence-electron chi connectivity index (χ0n) is 28.6. The first-order chi connectivity index (χ1) is 24.2. The number of nitrogens with two attached hydrogens (primary N) is 2. The number of phenols is 1. The number of ether oxygens (including phenoxy) is 3. The number of nitrogens with one attached hydrogen (secondary N) is 3. The molecule has 0 fully saturated rings. The maximum absolute atomic E-state index is 14.1. The summed E-state index contributed by atoms with van der Waals surface area (Å²) in [5, 5.41) is 31.3. The molecule has 16 heteroatoms. The van der Waals surface area contributed by atoms with Crippen LogP contribution in [0.15, 0.2) is 60.7 Å². The number of fused-ring (bicyclic) bond motifs is 9. The number of hydrogen-bond donors (Lipinski definition) is 6. The summed E-state index contributed by atoms with van der Waals surface area (Å²) in [7, 11) is 2.34. The minimum atomic E-state index is -1.55. The number of amides is 3. The predicted octanol–water partition coefficient (Wildman–Crippen LogP) is 1.90. The Morgan fingerprint density at radius 2 is 1.75 bits per heavy atom. The lowest BCUT2D eigenvalue weighted by Gasteiger charge is -2.29. The van der Waals surface area contributed by atoms with Gasteiger partial charge in [0.25, 0.3) is 0 Å². The molecule has 272 valence electrons. The summed E-state index contributed by atoms with van der Waals surface area (Å²) in [5.41, 5.74) is 12.9. The van der Waals surface area contributed by atoms with Crippen molar-refractivity contribution in [3.8, 4) is 23.0 Å². The molecule has 0 saturated carbocycles. The fourth-order valence-corrected chi connectivity index (χ4v) is 5.68. The van der Waals surface area contributed by atoms with E-state index in [0.717, 1.165) is 7.11 Å². The third kappa shape index (κ3) is 9.49. The van der Waals surface area contributed by atoms with Gasteiger partial charge in [-0.05, 0) is 47.2 Å². The molecule has 0 saturated heterocycles. The van der Waals surface area contributed by atoms with Crippen molar-refractivity contribution in [3.05, 3.63) is 87.5 Å². The molecule has 5 rings (SSSR count). The van der Waals surface area contributed by atoms with Gasteiger partial charge in [-0.1, -0.05) is 50.2 Å². The summed E-state index contributed by atoms with van der Waals surface area (Å²) in [5.74, 6) is -4.23. The molecular weight excluding hydrogens is 664 g/mol. The number of aromatic hydroxyl groups is 1. The number of rotatable bonds is 10. The van der Waals surface area contributed by atoms with E-state index < -0.39 is 70.3 Å². The van der Waals surface area contributed by atoms with Crippen LogP contribution >= 0.6 is 0 Å². The Morgan fingerprint density at radius 3 is 2.37 bits per heavy atom. The average molecular weight is 707 g/mol. The number of carbonyl (C=O) groups is 4. The predicted molar refractivity (Wildman–Crippen MR) is 184 cm³/mol. The molecule has 3 amide bonds. The Hall–Kier alpha value is -5.74. The molecule has 0 unspecified atom stereocenters. The monoisotopic (exact) mass is 706 g/mol. The molecule has 51 heavy (non-hydrogen) atoms. The number of methoxy groups -OCH3 is 2. The maximum atomic E-state index is 14.1. The van der Waals surface area contributed by atoms with Gasteiger partial charge in [0.15, 0.2) is 11.5 Å². The highest BCUT2D eigenvalue weighted by Crippen LogP contribution is 2.43. The van der Waals surface area contributed by atoms with Crippen LogP contribution in [0.25, 0.3) is 0 Å². The van der Waals surface area contributed by atoms with E-state index in [2.05, 4.69) is 16.0 Å². The van der Waals surface area contributed by atoms with Gasteiger partial charge in [-0.15, -0.1) is 0 Å². The average Bonchev–Trinajstić information content (AvgIpc) is 3.09. The van der Waals surface area contributed by atoms with Crippen LogP contribution in [0.3, 0.4) is 0 Å². The minimum absolute atomic E-state index is 0.0332. The normalized spacial score (nSPS) is 18.8. The minimum Gasteiger partial charge on any atom is -0.504 e. The van der Waals surface area contributed by atoms with Gasteiger partial charge in [-0.3, -0.25) is 29.3 Å². The molecule has 4 bridgehead atoms. The number of nitro groups is 1. The largest absolute Gasteiger partial charge is 0.504 e. The molecule has 8 N–H and O–H groups in total. The van der Waals surface area contributed by atoms with E-state index in [1.807, 2.05) is 13.8 Å². The van der Waals surface area contributed by atoms with Crippen molar-refractivity contribution >= 4 is 29.4 Å². The Bertz CT molecular complexity index is 1770. The standard InChI is InChI=1S/C35H42N6O10/c1-18(2)12-22(36)32(43)38-24-14-20-10-11-27(25(15-20)41(47)48)51-28-17-21(16-26(42)31(28)49-3)30(29(37)35(46)50-4)40-34(45)23(39-33(24)44)13-19-8-6-5-7-9-19/h5-11,15-18,22-24,29-30,42H,12-14,36-37H2,1-4H3,(H,38,43)(H,39,44)(H,40,45)/t22-,23-,24+,29-,30-/m1/s1. The quantitative estimate of drug-likeness (QED) is 0.101. The van der Waals surface area contributed by atoms with Gasteiger partial charge in [0.05, 0.1) is 31.2 Å². The number of esters is 1. The Balaban J connectivity index is 1.91. The van der Waals surface area contributed by atoms with E-state index in [9.17, 15) is 34.4 Å². The number of nitrogens with zero attached hydrogens (tertiary/aromatic N) is 1. The molecule has 2 aliphatic rings. The lowest BCUT2D eigenvalue weighted by atomic mass is 9.96. The third-order valence-corrected chi connectivity index (χ3v) is 8.24. The van der Waals surface area contributed by atoms with Gasteiger partial charge >= 0.3 is 11.7 Å². The topological polar surface area (TPSA) is 247 Å². The summed E-state index contributed by atoms with van der Waals surface area (Å²) >= 11 is 0. The maximum Gasteiger partial charge on any atom is 0.325 e. The number of benzene rings is 3. The van der Waals surface area contributed by atoms with E-state index in [4.69, 9.17) is 25.7 Å². The summed E-state index contributed by atoms with van der Waals surface area (Å²) in [6, 6.07) is 8.63. The van der Waals surface area contributed by atoms with E-state index >= 15 is 0 Å². The summed E-state index contributed by atoms with van der Waals surface area (Å²) in [6.45, 7) is 3.77. The van der Waals surface area contributed by atoms with Crippen LogP contribution in [-0.2, 0) is 36.8 Å². The number of carbonyl (C=O) groups excluding carboxylic acids is 4. The van der Waals surface area contributed by atoms with E-state index in [1.165, 1.54) is 37.4 Å². The SMILES string of the molecule is COC(=O)[C@H](N)[C@@H]1NC(=O)[C@@H](Cc2ccccc2)NC(=O)[C@@H](NC(=O)[C@H](N)CC(C)C)Cc2ccc(c([N+](=O)[O-])c2)Oc2cc1cc(O)c2OC. The molecule has 0 radical (unpaired) electrons. The van der Waals surface area contributed by atoms with Crippen LogP contribution in [0.2, 0.25) is 0 Å². The number of hydrogen-bond acceptors (Lipinski definition) is 12. The molecule has 3 aromatic rings. The second-order valence-electron chi connectivity index (χ2n) is 12.5. The van der Waals surface area contributed by atoms with Crippen LogP contribution in [0.5, 0.6) is 23.0 Å². The van der Waals surface area contributed by atoms with Crippen molar-refractivity contribution in [2.45, 2.75) is 63.3 Å². The number of phenolic OH excluding ortho intramolecular Hbond substituents is 1. The Labute approximate surface area is 294 Å². The van der Waals surface area contributed by atoms with Crippen LogP contribution in [0.4, 0.5) is 5.69 Å². The van der Waals surface area contributed by atoms with Gasteiger partial charge in [0.2, 0.25) is 29.2 Å². The molecule has 2 heterocycles. The van der Waals surface area contributed by atoms with Gasteiger partial charge in [0.1, 0.15) is 18.1 Å². The molecule has 0 aliphatic carbocycles. The second-order valence-corrected chi connectivity index (χ2v) is 12.5. The molecular formula is C35H42N6O10. The summed E-state index contributed by atoms with van der Waals surface area (Å²) in [6.07, 6.45) is 0.0500.